The number of halogens is 2. The largest absolute Gasteiger partial charge is 0.493 e. The zero-order valence-corrected chi connectivity index (χ0v) is 23.2. The summed E-state index contributed by atoms with van der Waals surface area (Å²) in [7, 11) is 4.58. The first kappa shape index (κ1) is 27.6. The van der Waals surface area contributed by atoms with Gasteiger partial charge in [-0.1, -0.05) is 47.8 Å². The highest BCUT2D eigenvalue weighted by molar-refractivity contribution is 6.42. The van der Waals surface area contributed by atoms with Crippen LogP contribution in [0.2, 0.25) is 10.0 Å². The van der Waals surface area contributed by atoms with Gasteiger partial charge in [0.2, 0.25) is 5.75 Å². The van der Waals surface area contributed by atoms with Crippen molar-refractivity contribution in [1.29, 1.82) is 0 Å². The Bertz CT molecular complexity index is 1400. The Kier molecular flexibility index (Phi) is 9.37. The summed E-state index contributed by atoms with van der Waals surface area (Å²) < 4.78 is 18.3. The van der Waals surface area contributed by atoms with Crippen LogP contribution in [-0.4, -0.2) is 43.3 Å². The number of ether oxygens (including phenoxy) is 3. The molecule has 0 spiro atoms. The van der Waals surface area contributed by atoms with Crippen molar-refractivity contribution in [1.82, 2.24) is 14.9 Å². The molecule has 1 aromatic heterocycles. The van der Waals surface area contributed by atoms with Crippen LogP contribution < -0.4 is 19.5 Å². The number of benzene rings is 3. The second-order valence-electron chi connectivity index (χ2n) is 8.83. The highest BCUT2D eigenvalue weighted by Gasteiger charge is 2.17. The van der Waals surface area contributed by atoms with Crippen LogP contribution in [0.3, 0.4) is 0 Å². The summed E-state index contributed by atoms with van der Waals surface area (Å²) in [5.74, 6) is 2.18. The summed E-state index contributed by atoms with van der Waals surface area (Å²) in [4.78, 5) is 17.6. The summed E-state index contributed by atoms with van der Waals surface area (Å²) >= 11 is 12.3. The number of carbonyl (C=O) groups is 1. The predicted molar refractivity (Wildman–Crippen MR) is 151 cm³/mol. The third-order valence-corrected chi connectivity index (χ3v) is 7.09. The first-order valence-electron chi connectivity index (χ1n) is 12.4. The number of unbranched alkanes of at least 4 members (excludes halogenated alkanes) is 2. The molecule has 1 heterocycles. The summed E-state index contributed by atoms with van der Waals surface area (Å²) in [6.07, 6.45) is 3.58. The molecule has 38 heavy (non-hydrogen) atoms. The molecule has 9 heteroatoms. The van der Waals surface area contributed by atoms with Gasteiger partial charge in [-0.05, 0) is 54.8 Å². The second kappa shape index (κ2) is 12.9. The standard InChI is InChI=1S/C29H31Cl2N3O4/c1-36-25-16-20(17-26(37-2)28(25)38-3)29(35)32-14-8-4-5-11-27-33-23-9-6-7-10-24(23)34(27)18-19-12-13-21(30)22(31)15-19/h6-7,9-10,12-13,15-17H,4-5,8,11,14,18H2,1-3H3,(H,32,35). The van der Waals surface area contributed by atoms with Crippen LogP contribution in [0, 0.1) is 0 Å². The molecular formula is C29H31Cl2N3O4. The van der Waals surface area contributed by atoms with Gasteiger partial charge < -0.3 is 24.1 Å². The van der Waals surface area contributed by atoms with E-state index in [1.165, 1.54) is 21.3 Å². The van der Waals surface area contributed by atoms with Crippen LogP contribution in [-0.2, 0) is 13.0 Å². The van der Waals surface area contributed by atoms with Crippen molar-refractivity contribution in [3.8, 4) is 17.2 Å². The molecule has 4 aromatic rings. The maximum Gasteiger partial charge on any atom is 0.251 e. The van der Waals surface area contributed by atoms with E-state index in [2.05, 4.69) is 16.0 Å². The third-order valence-electron chi connectivity index (χ3n) is 6.35. The van der Waals surface area contributed by atoms with E-state index in [1.54, 1.807) is 12.1 Å². The Morgan fingerprint density at radius 3 is 2.32 bits per heavy atom. The minimum Gasteiger partial charge on any atom is -0.493 e. The molecule has 0 radical (unpaired) electrons. The average molecular weight is 556 g/mol. The number of hydrogen-bond donors (Lipinski definition) is 1. The van der Waals surface area contributed by atoms with Crippen molar-refractivity contribution in [2.75, 3.05) is 27.9 Å². The number of para-hydroxylation sites is 2. The van der Waals surface area contributed by atoms with E-state index in [9.17, 15) is 4.79 Å². The summed E-state index contributed by atoms with van der Waals surface area (Å²) in [5.41, 5.74) is 3.58. The Morgan fingerprint density at radius 2 is 1.63 bits per heavy atom. The normalized spacial score (nSPS) is 11.0. The molecule has 1 N–H and O–H groups in total. The Hall–Kier alpha value is -3.42. The lowest BCUT2D eigenvalue weighted by molar-refractivity contribution is 0.0952. The summed E-state index contributed by atoms with van der Waals surface area (Å²) in [6.45, 7) is 1.23. The number of nitrogens with zero attached hydrogens (tertiary/aromatic N) is 2. The van der Waals surface area contributed by atoms with Gasteiger partial charge in [-0.15, -0.1) is 0 Å². The van der Waals surface area contributed by atoms with Crippen molar-refractivity contribution in [2.45, 2.75) is 32.2 Å². The molecule has 0 aliphatic rings. The van der Waals surface area contributed by atoms with E-state index in [-0.39, 0.29) is 5.91 Å². The van der Waals surface area contributed by atoms with E-state index in [4.69, 9.17) is 42.4 Å². The maximum absolute atomic E-state index is 12.7. The number of methoxy groups -OCH3 is 3. The molecule has 0 saturated carbocycles. The first-order valence-corrected chi connectivity index (χ1v) is 13.2. The van der Waals surface area contributed by atoms with E-state index in [0.29, 0.717) is 45.9 Å². The Morgan fingerprint density at radius 1 is 0.895 bits per heavy atom. The highest BCUT2D eigenvalue weighted by atomic mass is 35.5. The van der Waals surface area contributed by atoms with Gasteiger partial charge in [-0.2, -0.15) is 0 Å². The lowest BCUT2D eigenvalue weighted by Crippen LogP contribution is -2.24. The smallest absolute Gasteiger partial charge is 0.251 e. The molecule has 0 aliphatic heterocycles. The van der Waals surface area contributed by atoms with Crippen molar-refractivity contribution in [2.24, 2.45) is 0 Å². The van der Waals surface area contributed by atoms with Crippen LogP contribution in [0.5, 0.6) is 17.2 Å². The summed E-state index contributed by atoms with van der Waals surface area (Å²) in [5, 5.41) is 4.07. The van der Waals surface area contributed by atoms with E-state index < -0.39 is 0 Å². The second-order valence-corrected chi connectivity index (χ2v) is 9.65. The number of nitrogens with one attached hydrogen (secondary N) is 1. The fraction of sp³-hybridized carbons (Fsp3) is 0.310. The van der Waals surface area contributed by atoms with Crippen molar-refractivity contribution >= 4 is 40.1 Å². The van der Waals surface area contributed by atoms with E-state index in [0.717, 1.165) is 48.1 Å². The number of hydrogen-bond acceptors (Lipinski definition) is 5. The summed E-state index contributed by atoms with van der Waals surface area (Å²) in [6, 6.07) is 17.1. The van der Waals surface area contributed by atoms with Crippen LogP contribution >= 0.6 is 23.2 Å². The van der Waals surface area contributed by atoms with Crippen LogP contribution in [0.15, 0.2) is 54.6 Å². The topological polar surface area (TPSA) is 74.6 Å². The molecule has 0 aliphatic carbocycles. The fourth-order valence-corrected chi connectivity index (χ4v) is 4.73. The minimum absolute atomic E-state index is 0.187. The third kappa shape index (κ3) is 6.34. The molecule has 200 valence electrons. The molecule has 0 unspecified atom stereocenters. The van der Waals surface area contributed by atoms with Gasteiger partial charge in [0.1, 0.15) is 5.82 Å². The van der Waals surface area contributed by atoms with Crippen molar-refractivity contribution in [3.63, 3.8) is 0 Å². The number of aryl methyl sites for hydroxylation is 1. The van der Waals surface area contributed by atoms with Gasteiger partial charge in [0, 0.05) is 25.1 Å². The van der Waals surface area contributed by atoms with Crippen molar-refractivity contribution < 1.29 is 19.0 Å². The maximum atomic E-state index is 12.7. The van der Waals surface area contributed by atoms with Crippen molar-refractivity contribution in [3.05, 3.63) is 81.6 Å². The van der Waals surface area contributed by atoms with Crippen LogP contribution in [0.1, 0.15) is 41.0 Å². The quantitative estimate of drug-likeness (QED) is 0.200. The van der Waals surface area contributed by atoms with Gasteiger partial charge in [0.05, 0.1) is 42.4 Å². The lowest BCUT2D eigenvalue weighted by Gasteiger charge is -2.14. The minimum atomic E-state index is -0.187. The molecule has 0 saturated heterocycles. The average Bonchev–Trinajstić information content (AvgIpc) is 3.28. The van der Waals surface area contributed by atoms with Gasteiger partial charge in [-0.3, -0.25) is 4.79 Å². The van der Waals surface area contributed by atoms with Crippen LogP contribution in [0.4, 0.5) is 0 Å². The predicted octanol–water partition coefficient (Wildman–Crippen LogP) is 6.56. The molecule has 7 nitrogen and oxygen atoms in total. The zero-order chi connectivity index (χ0) is 27.1. The molecule has 1 amide bonds. The number of carbonyl (C=O) groups excluding carboxylic acids is 1. The molecular weight excluding hydrogens is 525 g/mol. The number of aromatic nitrogens is 2. The number of amides is 1. The number of imidazole rings is 1. The van der Waals surface area contributed by atoms with Gasteiger partial charge in [0.15, 0.2) is 11.5 Å². The molecule has 0 bridgehead atoms. The van der Waals surface area contributed by atoms with Gasteiger partial charge >= 0.3 is 0 Å². The molecule has 3 aromatic carbocycles. The van der Waals surface area contributed by atoms with E-state index >= 15 is 0 Å². The first-order chi connectivity index (χ1) is 18.4. The number of rotatable bonds is 12. The molecule has 4 rings (SSSR count). The highest BCUT2D eigenvalue weighted by Crippen LogP contribution is 2.38. The Labute approximate surface area is 232 Å². The molecule has 0 fully saturated rings. The van der Waals surface area contributed by atoms with Crippen LogP contribution in [0.25, 0.3) is 11.0 Å². The van der Waals surface area contributed by atoms with Gasteiger partial charge in [-0.25, -0.2) is 4.98 Å². The molecule has 0 atom stereocenters. The fourth-order valence-electron chi connectivity index (χ4n) is 4.41. The van der Waals surface area contributed by atoms with E-state index in [1.807, 2.05) is 36.4 Å². The Balaban J connectivity index is 1.33. The zero-order valence-electron chi connectivity index (χ0n) is 21.7. The number of fused-ring (bicyclic) bond motifs is 1. The van der Waals surface area contributed by atoms with Gasteiger partial charge in [0.25, 0.3) is 5.91 Å². The SMILES string of the molecule is COc1cc(C(=O)NCCCCCc2nc3ccccc3n2Cc2ccc(Cl)c(Cl)c2)cc(OC)c1OC. The monoisotopic (exact) mass is 555 g/mol. The lowest BCUT2D eigenvalue weighted by atomic mass is 10.1.